The van der Waals surface area contributed by atoms with Gasteiger partial charge in [0.25, 0.3) is 0 Å². The van der Waals surface area contributed by atoms with Gasteiger partial charge in [-0.1, -0.05) is 0 Å². The zero-order chi connectivity index (χ0) is 36.9. The van der Waals surface area contributed by atoms with Gasteiger partial charge in [-0.15, -0.1) is 0 Å². The van der Waals surface area contributed by atoms with Gasteiger partial charge in [0.2, 0.25) is 0 Å². The zero-order valence-electron chi connectivity index (χ0n) is 34.1. The van der Waals surface area contributed by atoms with Crippen LogP contribution in [0.2, 0.25) is 33.0 Å². The molecule has 1 N–H and O–H groups in total. The Hall–Kier alpha value is -0.644. The van der Waals surface area contributed by atoms with Crippen LogP contribution in [0.15, 0.2) is 45.2 Å². The molecule has 0 aromatic heterocycles. The third kappa shape index (κ3) is 17.6. The predicted octanol–water partition coefficient (Wildman–Crippen LogP) is 12.1. The van der Waals surface area contributed by atoms with E-state index in [0.717, 1.165) is 43.4 Å². The van der Waals surface area contributed by atoms with Crippen LogP contribution in [0.4, 0.5) is 0 Å². The van der Waals surface area contributed by atoms with E-state index in [0.29, 0.717) is 6.61 Å². The number of methoxy groups -OCH3 is 2. The molecule has 1 aromatic rings. The average molecular weight is 810 g/mol. The zero-order valence-corrected chi connectivity index (χ0v) is 37.9. The van der Waals surface area contributed by atoms with Crippen molar-refractivity contribution in [2.75, 3.05) is 21.0 Å². The Labute approximate surface area is 308 Å². The Kier molecular flexibility index (Phi) is 23.3. The molecular weight excluding hydrogens is 731 g/mol. The van der Waals surface area contributed by atoms with E-state index in [1.807, 2.05) is 19.1 Å². The van der Waals surface area contributed by atoms with Crippen molar-refractivity contribution in [3.05, 3.63) is 50.8 Å². The summed E-state index contributed by atoms with van der Waals surface area (Å²) in [5.74, 6) is 0.776. The number of benzene rings is 1. The number of aliphatic hydroxyl groups is 1. The Balaban J connectivity index is 3.92. The second kappa shape index (κ2) is 24.6. The van der Waals surface area contributed by atoms with E-state index in [-0.39, 0.29) is 18.8 Å². The van der Waals surface area contributed by atoms with Gasteiger partial charge in [-0.25, -0.2) is 0 Å². The summed E-state index contributed by atoms with van der Waals surface area (Å²) in [5.41, 5.74) is 3.77. The first-order valence-corrected chi connectivity index (χ1v) is 30.7. The standard InChI is InChI=1S/C30H51O5Si.3C4H9.Sn/c1-10-12-13-14-28(35-23-32-5)27(20-24(3)22-36(7,8)9)29(30(4,31)19-11-2)34-21-25-15-17-26(33-6)18-16-25;3*1-3-4-2;/h15-19,22,27-29,31H,10,12-14,20-21,23H2,1-9H3;3*1,3-4H2,2H3;/b19-11?,24-22+;;;;/t27-,28+,29+,30+;;;;/m1..../s1. The minimum absolute atomic E-state index is 0.0524. The molecule has 0 heterocycles. The number of hydrogen-bond acceptors (Lipinski definition) is 5. The maximum atomic E-state index is 12.9. The summed E-state index contributed by atoms with van der Waals surface area (Å²) in [6.07, 6.45) is 14.4. The average Bonchev–Trinajstić information content (AvgIpc) is 3.04. The molecule has 0 spiro atoms. The number of allylic oxidation sites excluding steroid dienone is 2. The molecule has 0 aliphatic rings. The van der Waals surface area contributed by atoms with Crippen molar-refractivity contribution in [3.63, 3.8) is 0 Å². The van der Waals surface area contributed by atoms with E-state index in [9.17, 15) is 5.11 Å². The fourth-order valence-electron chi connectivity index (χ4n) is 7.59. The van der Waals surface area contributed by atoms with Crippen molar-refractivity contribution in [2.45, 2.75) is 176 Å². The molecule has 0 saturated heterocycles. The van der Waals surface area contributed by atoms with Crippen LogP contribution >= 0.6 is 0 Å². The minimum atomic E-state index is -2.79. The van der Waals surface area contributed by atoms with E-state index in [1.54, 1.807) is 14.2 Å². The van der Waals surface area contributed by atoms with E-state index in [1.165, 1.54) is 61.0 Å². The molecule has 0 aliphatic carbocycles. The van der Waals surface area contributed by atoms with Crippen LogP contribution in [0.5, 0.6) is 5.75 Å². The quantitative estimate of drug-likeness (QED) is 0.0519. The number of ether oxygens (including phenoxy) is 4. The van der Waals surface area contributed by atoms with Crippen LogP contribution in [-0.4, -0.2) is 70.4 Å². The molecule has 1 rings (SSSR count). The third-order valence-corrected chi connectivity index (χ3v) is 27.9. The van der Waals surface area contributed by atoms with Crippen LogP contribution in [0, 0.1) is 5.92 Å². The molecule has 49 heavy (non-hydrogen) atoms. The van der Waals surface area contributed by atoms with Crippen molar-refractivity contribution < 1.29 is 24.1 Å². The van der Waals surface area contributed by atoms with Gasteiger partial charge in [-0.05, 0) is 0 Å². The van der Waals surface area contributed by atoms with Gasteiger partial charge in [0.1, 0.15) is 0 Å². The van der Waals surface area contributed by atoms with Gasteiger partial charge < -0.3 is 0 Å². The fraction of sp³-hybridized carbons (Fsp3) is 0.762. The first-order valence-electron chi connectivity index (χ1n) is 19.7. The molecule has 0 radical (unpaired) electrons. The van der Waals surface area contributed by atoms with Crippen molar-refractivity contribution in [2.24, 2.45) is 5.92 Å². The first-order chi connectivity index (χ1) is 23.2. The normalized spacial score (nSPS) is 16.3. The van der Waals surface area contributed by atoms with Crippen molar-refractivity contribution in [1.82, 2.24) is 0 Å². The molecular formula is C42H78O5SiSn. The maximum absolute atomic E-state index is 12.9. The molecule has 0 unspecified atom stereocenters. The number of hydrogen-bond donors (Lipinski definition) is 1. The molecule has 5 nitrogen and oxygen atoms in total. The van der Waals surface area contributed by atoms with Crippen LogP contribution in [0.25, 0.3) is 0 Å². The summed E-state index contributed by atoms with van der Waals surface area (Å²) in [5, 5.41) is 12.9. The van der Waals surface area contributed by atoms with Crippen LogP contribution in [0.3, 0.4) is 0 Å². The number of rotatable bonds is 28. The van der Waals surface area contributed by atoms with Gasteiger partial charge >= 0.3 is 310 Å². The Bertz CT molecular complexity index is 1040. The third-order valence-electron chi connectivity index (χ3n) is 10.1. The molecule has 0 saturated carbocycles. The monoisotopic (exact) mass is 810 g/mol. The summed E-state index contributed by atoms with van der Waals surface area (Å²) in [7, 11) is 1.92. The molecule has 1 aromatic carbocycles. The summed E-state index contributed by atoms with van der Waals surface area (Å²) < 4.78 is 30.2. The van der Waals surface area contributed by atoms with Crippen molar-refractivity contribution in [3.8, 4) is 5.75 Å². The van der Waals surface area contributed by atoms with Crippen molar-refractivity contribution in [1.29, 1.82) is 0 Å². The molecule has 7 heteroatoms. The molecule has 0 amide bonds. The predicted molar refractivity (Wildman–Crippen MR) is 217 cm³/mol. The number of unbranched alkanes of at least 4 members (excludes halogenated alkanes) is 5. The summed E-state index contributed by atoms with van der Waals surface area (Å²) in [6.45, 7) is 23.7. The van der Waals surface area contributed by atoms with Crippen LogP contribution < -0.4 is 4.74 Å². The van der Waals surface area contributed by atoms with E-state index >= 15 is 0 Å². The SMILES string of the molecule is CCCCC[C@H](OCOC)[C@@H](C/C(C)=C/[Si](C)(C)C)[C@H](OCc1ccc(OC)cc1)[C@@](C)(O)/C=[C](\C)[Sn]([CH2]CCC)([CH2]CCC)[CH2]CCC. The van der Waals surface area contributed by atoms with E-state index in [4.69, 9.17) is 18.9 Å². The van der Waals surface area contributed by atoms with E-state index in [2.05, 4.69) is 85.1 Å². The second-order valence-electron chi connectivity index (χ2n) is 16.1. The Morgan fingerprint density at radius 3 is 1.86 bits per heavy atom. The van der Waals surface area contributed by atoms with Gasteiger partial charge in [0.05, 0.1) is 0 Å². The Morgan fingerprint density at radius 1 is 0.837 bits per heavy atom. The molecule has 0 bridgehead atoms. The van der Waals surface area contributed by atoms with Gasteiger partial charge in [0, 0.05) is 0 Å². The molecule has 284 valence electrons. The topological polar surface area (TPSA) is 57.2 Å². The summed E-state index contributed by atoms with van der Waals surface area (Å²) in [6, 6.07) is 8.11. The molecule has 0 aliphatic heterocycles. The fourth-order valence-corrected chi connectivity index (χ4v) is 25.2. The summed E-state index contributed by atoms with van der Waals surface area (Å²) >= 11 is -2.79. The van der Waals surface area contributed by atoms with Crippen LogP contribution in [-0.2, 0) is 20.8 Å². The van der Waals surface area contributed by atoms with Gasteiger partial charge in [0.15, 0.2) is 0 Å². The summed E-state index contributed by atoms with van der Waals surface area (Å²) in [4.78, 5) is 0. The van der Waals surface area contributed by atoms with Crippen LogP contribution in [0.1, 0.15) is 125 Å². The van der Waals surface area contributed by atoms with Crippen molar-refractivity contribution >= 4 is 26.5 Å². The first kappa shape index (κ1) is 46.4. The second-order valence-corrected chi connectivity index (χ2v) is 34.9. The molecule has 0 fully saturated rings. The molecule has 4 atom stereocenters. The van der Waals surface area contributed by atoms with Gasteiger partial charge in [-0.3, -0.25) is 0 Å². The Morgan fingerprint density at radius 2 is 1.39 bits per heavy atom. The van der Waals surface area contributed by atoms with E-state index < -0.39 is 38.2 Å². The van der Waals surface area contributed by atoms with Gasteiger partial charge in [-0.2, -0.15) is 0 Å².